The van der Waals surface area contributed by atoms with Crippen molar-refractivity contribution >= 4 is 43.3 Å². The lowest BCUT2D eigenvalue weighted by molar-refractivity contribution is -0.118. The molecule has 7 nitrogen and oxygen atoms in total. The Balaban J connectivity index is 1.91. The number of rotatable bonds is 12. The normalized spacial score (nSPS) is 12.8. The third kappa shape index (κ3) is 11.2. The largest absolute Gasteiger partial charge is 0.698 e. The smallest absolute Gasteiger partial charge is 0.507 e. The summed E-state index contributed by atoms with van der Waals surface area (Å²) in [5.74, 6) is 0.190. The number of phenolic OH excluding ortho intramolecular Hbond substituents is 2. The number of carbonyl (C=O) groups excluding carboxylic acids is 2. The maximum atomic E-state index is 12.5. The molecule has 244 valence electrons. The summed E-state index contributed by atoms with van der Waals surface area (Å²) in [4.78, 5) is 26.7. The highest BCUT2D eigenvalue weighted by Gasteiger charge is 2.29. The van der Waals surface area contributed by atoms with Crippen LogP contribution < -0.4 is 0 Å². The van der Waals surface area contributed by atoms with Crippen molar-refractivity contribution in [2.24, 2.45) is 0 Å². The second kappa shape index (κ2) is 14.7. The van der Waals surface area contributed by atoms with Gasteiger partial charge in [-0.3, -0.25) is 9.59 Å². The molecule has 0 bridgehead atoms. The molecule has 2 N–H and O–H groups in total. The number of carbonyl (C=O) groups is 2. The van der Waals surface area contributed by atoms with Gasteiger partial charge < -0.3 is 10.2 Å². The second-order valence-electron chi connectivity index (χ2n) is 15.2. The van der Waals surface area contributed by atoms with Gasteiger partial charge >= 0.3 is 8.25 Å². The number of aromatic hydroxyl groups is 2. The SMILES string of the molecule is CC(C)(C)c1cc(SCC(=O)CO[P+](=O)OCC(=O)CSc2cc(C(C)(C)C)c(O)c(C(C)(C)C)c2)cc(C(C)(C)C)c1O. The van der Waals surface area contributed by atoms with Gasteiger partial charge in [0.15, 0.2) is 24.8 Å². The van der Waals surface area contributed by atoms with E-state index in [1.165, 1.54) is 23.5 Å². The van der Waals surface area contributed by atoms with E-state index < -0.39 is 21.5 Å². The van der Waals surface area contributed by atoms with Crippen LogP contribution in [0.2, 0.25) is 0 Å². The first-order chi connectivity index (χ1) is 19.9. The molecule has 0 saturated heterocycles. The molecule has 0 aliphatic carbocycles. The highest BCUT2D eigenvalue weighted by atomic mass is 32.2. The van der Waals surface area contributed by atoms with Gasteiger partial charge in [0.05, 0.1) is 11.5 Å². The van der Waals surface area contributed by atoms with Crippen LogP contribution in [0.1, 0.15) is 105 Å². The lowest BCUT2D eigenvalue weighted by Crippen LogP contribution is -2.17. The van der Waals surface area contributed by atoms with Crippen molar-refractivity contribution < 1.29 is 33.4 Å². The molecule has 0 radical (unpaired) electrons. The van der Waals surface area contributed by atoms with Crippen LogP contribution in [0.25, 0.3) is 0 Å². The van der Waals surface area contributed by atoms with Crippen molar-refractivity contribution in [1.82, 2.24) is 0 Å². The van der Waals surface area contributed by atoms with Crippen LogP contribution in [-0.4, -0.2) is 46.5 Å². The van der Waals surface area contributed by atoms with Crippen molar-refractivity contribution in [2.75, 3.05) is 24.7 Å². The van der Waals surface area contributed by atoms with Crippen molar-refractivity contribution in [3.63, 3.8) is 0 Å². The Morgan fingerprint density at radius 1 is 0.591 bits per heavy atom. The fourth-order valence-electron chi connectivity index (χ4n) is 4.37. The van der Waals surface area contributed by atoms with Crippen molar-refractivity contribution in [2.45, 2.75) is 115 Å². The Kier molecular flexibility index (Phi) is 12.8. The Bertz CT molecular complexity index is 1200. The van der Waals surface area contributed by atoms with Crippen LogP contribution in [0, 0.1) is 0 Å². The third-order valence-electron chi connectivity index (χ3n) is 6.86. The molecular weight excluding hydrogens is 615 g/mol. The van der Waals surface area contributed by atoms with Crippen LogP contribution >= 0.6 is 31.8 Å². The van der Waals surface area contributed by atoms with Gasteiger partial charge in [0.1, 0.15) is 11.5 Å². The molecule has 0 amide bonds. The van der Waals surface area contributed by atoms with Crippen LogP contribution in [0.3, 0.4) is 0 Å². The molecule has 2 aromatic carbocycles. The molecule has 0 fully saturated rings. The van der Waals surface area contributed by atoms with Crippen LogP contribution in [0.15, 0.2) is 34.1 Å². The minimum atomic E-state index is -2.64. The van der Waals surface area contributed by atoms with E-state index in [1.54, 1.807) is 0 Å². The first-order valence-corrected chi connectivity index (χ1v) is 17.8. The predicted octanol–water partition coefficient (Wildman–Crippen LogP) is 9.00. The summed E-state index contributed by atoms with van der Waals surface area (Å²) in [6.45, 7) is 23.5. The molecule has 0 heterocycles. The summed E-state index contributed by atoms with van der Waals surface area (Å²) < 4.78 is 22.4. The van der Waals surface area contributed by atoms with E-state index in [0.29, 0.717) is 0 Å². The number of ketones is 2. The van der Waals surface area contributed by atoms with Crippen molar-refractivity contribution in [1.29, 1.82) is 0 Å². The Morgan fingerprint density at radius 3 is 1.07 bits per heavy atom. The lowest BCUT2D eigenvalue weighted by atomic mass is 9.79. The second-order valence-corrected chi connectivity index (χ2v) is 18.2. The molecule has 2 rings (SSSR count). The maximum absolute atomic E-state index is 12.5. The highest BCUT2D eigenvalue weighted by Crippen LogP contribution is 2.43. The van der Waals surface area contributed by atoms with Gasteiger partial charge in [-0.1, -0.05) is 83.1 Å². The van der Waals surface area contributed by atoms with Crippen molar-refractivity contribution in [3.8, 4) is 11.5 Å². The Morgan fingerprint density at radius 2 is 0.841 bits per heavy atom. The molecule has 2 aromatic rings. The quantitative estimate of drug-likeness (QED) is 0.170. The molecule has 44 heavy (non-hydrogen) atoms. The van der Waals surface area contributed by atoms with Gasteiger partial charge in [-0.15, -0.1) is 32.6 Å². The van der Waals surface area contributed by atoms with Gasteiger partial charge in [-0.05, 0) is 45.9 Å². The first-order valence-electron chi connectivity index (χ1n) is 14.7. The number of hydrogen-bond acceptors (Lipinski definition) is 9. The standard InChI is InChI=1S/C34H49O7PS2/c1-31(2,3)25-13-23(14-26(29(25)37)32(4,5)6)43-19-21(35)17-40-42(39)41-18-22(36)20-44-24-15-27(33(7,8)9)30(38)28(16-24)34(10,11)12/h13-16H,17-20H2,1-12H3,(H-,37,38)/p+1. The van der Waals surface area contributed by atoms with Gasteiger partial charge in [-0.25, -0.2) is 0 Å². The van der Waals surface area contributed by atoms with E-state index in [4.69, 9.17) is 9.05 Å². The molecule has 0 saturated carbocycles. The topological polar surface area (TPSA) is 110 Å². The number of thioether (sulfide) groups is 2. The summed E-state index contributed by atoms with van der Waals surface area (Å²) in [7, 11) is -2.64. The summed E-state index contributed by atoms with van der Waals surface area (Å²) in [6, 6.07) is 7.62. The fourth-order valence-corrected chi connectivity index (χ4v) is 6.57. The van der Waals surface area contributed by atoms with E-state index >= 15 is 0 Å². The number of Topliss-reactive ketones (excluding diaryl/α,β-unsaturated/α-hetero) is 2. The third-order valence-corrected chi connectivity index (χ3v) is 9.61. The zero-order chi connectivity index (χ0) is 33.8. The molecule has 0 aliphatic heterocycles. The maximum Gasteiger partial charge on any atom is 0.698 e. The minimum Gasteiger partial charge on any atom is -0.507 e. The van der Waals surface area contributed by atoms with Gasteiger partial charge in [0.25, 0.3) is 0 Å². The molecule has 10 heteroatoms. The molecule has 0 spiro atoms. The highest BCUT2D eigenvalue weighted by molar-refractivity contribution is 8.00. The zero-order valence-corrected chi connectivity index (χ0v) is 30.9. The molecule has 0 unspecified atom stereocenters. The van der Waals surface area contributed by atoms with Crippen LogP contribution in [0.4, 0.5) is 0 Å². The van der Waals surface area contributed by atoms with E-state index in [2.05, 4.69) is 0 Å². The van der Waals surface area contributed by atoms with Crippen molar-refractivity contribution in [3.05, 3.63) is 46.5 Å². The van der Waals surface area contributed by atoms with Gasteiger partial charge in [0, 0.05) is 36.6 Å². The van der Waals surface area contributed by atoms with E-state index in [0.717, 1.165) is 32.0 Å². The molecule has 0 aliphatic rings. The molecule has 0 aromatic heterocycles. The zero-order valence-electron chi connectivity index (χ0n) is 28.3. The monoisotopic (exact) mass is 665 g/mol. The van der Waals surface area contributed by atoms with Crippen LogP contribution in [0.5, 0.6) is 11.5 Å². The molecular formula is C34H50O7PS2+. The molecule has 0 atom stereocenters. The average Bonchev–Trinajstić information content (AvgIpc) is 2.86. The fraction of sp³-hybridized carbons (Fsp3) is 0.588. The lowest BCUT2D eigenvalue weighted by Gasteiger charge is -2.28. The Hall–Kier alpha value is -1.90. The Labute approximate surface area is 273 Å². The summed E-state index contributed by atoms with van der Waals surface area (Å²) in [5.41, 5.74) is 2.11. The van der Waals surface area contributed by atoms with Crippen LogP contribution in [-0.2, 0) is 44.9 Å². The van der Waals surface area contributed by atoms with E-state index in [-0.39, 0.29) is 56.2 Å². The van der Waals surface area contributed by atoms with Gasteiger partial charge in [0.2, 0.25) is 0 Å². The summed E-state index contributed by atoms with van der Waals surface area (Å²) in [5, 5.41) is 21.8. The van der Waals surface area contributed by atoms with E-state index in [1.807, 2.05) is 107 Å². The average molecular weight is 666 g/mol. The minimum absolute atomic E-state index is 0.0937. The first kappa shape index (κ1) is 38.3. The van der Waals surface area contributed by atoms with E-state index in [9.17, 15) is 24.4 Å². The number of benzene rings is 2. The number of hydrogen-bond donors (Lipinski definition) is 2. The number of phenols is 2. The predicted molar refractivity (Wildman–Crippen MR) is 182 cm³/mol. The van der Waals surface area contributed by atoms with Gasteiger partial charge in [-0.2, -0.15) is 0 Å². The summed E-state index contributed by atoms with van der Waals surface area (Å²) >= 11 is 2.66. The summed E-state index contributed by atoms with van der Waals surface area (Å²) in [6.07, 6.45) is 0.